The standard InChI is InChI=1S/C7H14F2N2/c1-11(2)6-5-10-4-3-7(6,8)9/h6,10H,3-5H2,1-2H3. The van der Waals surface area contributed by atoms with Crippen molar-refractivity contribution < 1.29 is 8.78 Å². The predicted molar refractivity (Wildman–Crippen MR) is 39.9 cm³/mol. The van der Waals surface area contributed by atoms with Gasteiger partial charge in [-0.2, -0.15) is 0 Å². The maximum atomic E-state index is 13.0. The van der Waals surface area contributed by atoms with Gasteiger partial charge in [-0.25, -0.2) is 8.78 Å². The molecule has 66 valence electrons. The zero-order valence-corrected chi connectivity index (χ0v) is 6.90. The second-order valence-electron chi connectivity index (χ2n) is 3.19. The molecule has 1 saturated heterocycles. The Hall–Kier alpha value is -0.220. The first-order valence-electron chi connectivity index (χ1n) is 3.79. The van der Waals surface area contributed by atoms with Crippen LogP contribution in [0, 0.1) is 0 Å². The maximum Gasteiger partial charge on any atom is 0.265 e. The third-order valence-electron chi connectivity index (χ3n) is 2.08. The van der Waals surface area contributed by atoms with E-state index in [-0.39, 0.29) is 6.42 Å². The van der Waals surface area contributed by atoms with Crippen molar-refractivity contribution in [2.45, 2.75) is 18.4 Å². The molecule has 0 aromatic heterocycles. The zero-order valence-electron chi connectivity index (χ0n) is 6.90. The van der Waals surface area contributed by atoms with E-state index in [9.17, 15) is 8.78 Å². The summed E-state index contributed by atoms with van der Waals surface area (Å²) in [6.07, 6.45) is -0.0458. The number of nitrogens with zero attached hydrogens (tertiary/aromatic N) is 1. The lowest BCUT2D eigenvalue weighted by molar-refractivity contribution is -0.0871. The molecule has 1 fully saturated rings. The SMILES string of the molecule is CN(C)C1CNCCC1(F)F. The van der Waals surface area contributed by atoms with Gasteiger partial charge in [0.15, 0.2) is 0 Å². The highest BCUT2D eigenvalue weighted by Gasteiger charge is 2.42. The predicted octanol–water partition coefficient (Wildman–Crippen LogP) is 0.545. The summed E-state index contributed by atoms with van der Waals surface area (Å²) in [5, 5.41) is 2.95. The fourth-order valence-electron chi connectivity index (χ4n) is 1.37. The Morgan fingerprint density at radius 3 is 2.45 bits per heavy atom. The molecule has 0 saturated carbocycles. The zero-order chi connectivity index (χ0) is 8.48. The monoisotopic (exact) mass is 164 g/mol. The molecule has 1 N–H and O–H groups in total. The van der Waals surface area contributed by atoms with Crippen molar-refractivity contribution in [1.82, 2.24) is 10.2 Å². The minimum Gasteiger partial charge on any atom is -0.315 e. The van der Waals surface area contributed by atoms with Crippen molar-refractivity contribution >= 4 is 0 Å². The number of piperidine rings is 1. The van der Waals surface area contributed by atoms with E-state index in [2.05, 4.69) is 5.32 Å². The van der Waals surface area contributed by atoms with Gasteiger partial charge in [-0.3, -0.25) is 4.90 Å². The highest BCUT2D eigenvalue weighted by Crippen LogP contribution is 2.27. The van der Waals surface area contributed by atoms with Crippen LogP contribution in [0.5, 0.6) is 0 Å². The number of rotatable bonds is 1. The van der Waals surface area contributed by atoms with Crippen molar-refractivity contribution in [3.8, 4) is 0 Å². The van der Waals surface area contributed by atoms with Gasteiger partial charge in [0.25, 0.3) is 5.92 Å². The fourth-order valence-corrected chi connectivity index (χ4v) is 1.37. The highest BCUT2D eigenvalue weighted by atomic mass is 19.3. The molecule has 0 radical (unpaired) electrons. The Morgan fingerprint density at radius 1 is 1.45 bits per heavy atom. The van der Waals surface area contributed by atoms with Gasteiger partial charge in [0.05, 0.1) is 6.04 Å². The molecule has 1 aliphatic heterocycles. The molecule has 0 spiro atoms. The first-order chi connectivity index (χ1) is 5.04. The van der Waals surface area contributed by atoms with Gasteiger partial charge >= 0.3 is 0 Å². The van der Waals surface area contributed by atoms with Gasteiger partial charge in [-0.05, 0) is 14.1 Å². The largest absolute Gasteiger partial charge is 0.315 e. The van der Waals surface area contributed by atoms with Gasteiger partial charge in [-0.1, -0.05) is 0 Å². The molecular formula is C7H14F2N2. The van der Waals surface area contributed by atoms with Crippen LogP contribution in [0.3, 0.4) is 0 Å². The summed E-state index contributed by atoms with van der Waals surface area (Å²) in [6, 6.07) is -0.642. The second-order valence-corrected chi connectivity index (χ2v) is 3.19. The lowest BCUT2D eigenvalue weighted by atomic mass is 10.0. The minimum atomic E-state index is -2.52. The van der Waals surface area contributed by atoms with Crippen LogP contribution in [0.4, 0.5) is 8.78 Å². The Kier molecular flexibility index (Phi) is 2.44. The van der Waals surface area contributed by atoms with Gasteiger partial charge < -0.3 is 5.32 Å². The van der Waals surface area contributed by atoms with Gasteiger partial charge in [0.2, 0.25) is 0 Å². The average Bonchev–Trinajstić information content (AvgIpc) is 1.85. The van der Waals surface area contributed by atoms with Gasteiger partial charge in [-0.15, -0.1) is 0 Å². The minimum absolute atomic E-state index is 0.0458. The highest BCUT2D eigenvalue weighted by molar-refractivity contribution is 4.89. The number of nitrogens with one attached hydrogen (secondary N) is 1. The van der Waals surface area contributed by atoms with E-state index in [1.807, 2.05) is 0 Å². The number of hydrogen-bond donors (Lipinski definition) is 1. The van der Waals surface area contributed by atoms with E-state index in [0.29, 0.717) is 13.1 Å². The van der Waals surface area contributed by atoms with Crippen LogP contribution >= 0.6 is 0 Å². The van der Waals surface area contributed by atoms with Crippen LogP contribution in [0.1, 0.15) is 6.42 Å². The van der Waals surface area contributed by atoms with Gasteiger partial charge in [0.1, 0.15) is 0 Å². The van der Waals surface area contributed by atoms with E-state index < -0.39 is 12.0 Å². The van der Waals surface area contributed by atoms with Crippen LogP contribution < -0.4 is 5.32 Å². The molecule has 0 amide bonds. The topological polar surface area (TPSA) is 15.3 Å². The van der Waals surface area contributed by atoms with Crippen LogP contribution in [0.25, 0.3) is 0 Å². The fraction of sp³-hybridized carbons (Fsp3) is 1.00. The van der Waals surface area contributed by atoms with E-state index >= 15 is 0 Å². The van der Waals surface area contributed by atoms with E-state index in [0.717, 1.165) is 0 Å². The second kappa shape index (κ2) is 3.03. The molecule has 2 nitrogen and oxygen atoms in total. The first kappa shape index (κ1) is 8.87. The third-order valence-corrected chi connectivity index (χ3v) is 2.08. The number of alkyl halides is 2. The van der Waals surface area contributed by atoms with Crippen molar-refractivity contribution in [1.29, 1.82) is 0 Å². The van der Waals surface area contributed by atoms with Crippen LogP contribution in [0.2, 0.25) is 0 Å². The average molecular weight is 164 g/mol. The van der Waals surface area contributed by atoms with Gasteiger partial charge in [0, 0.05) is 19.5 Å². The van der Waals surface area contributed by atoms with Crippen LogP contribution in [0.15, 0.2) is 0 Å². The summed E-state index contributed by atoms with van der Waals surface area (Å²) in [6.45, 7) is 0.817. The van der Waals surface area contributed by atoms with E-state index in [1.165, 1.54) is 0 Å². The van der Waals surface area contributed by atoms with Crippen molar-refractivity contribution in [2.75, 3.05) is 27.2 Å². The summed E-state index contributed by atoms with van der Waals surface area (Å²) >= 11 is 0. The number of hydrogen-bond acceptors (Lipinski definition) is 2. The van der Waals surface area contributed by atoms with E-state index in [4.69, 9.17) is 0 Å². The molecule has 1 aliphatic rings. The van der Waals surface area contributed by atoms with Crippen molar-refractivity contribution in [3.05, 3.63) is 0 Å². The molecule has 0 aromatic rings. The quantitative estimate of drug-likeness (QED) is 0.608. The Balaban J connectivity index is 2.60. The maximum absolute atomic E-state index is 13.0. The molecule has 1 unspecified atom stereocenters. The Bertz CT molecular complexity index is 136. The lowest BCUT2D eigenvalue weighted by Gasteiger charge is -2.36. The molecule has 1 rings (SSSR count). The summed E-state index contributed by atoms with van der Waals surface area (Å²) in [5.41, 5.74) is 0. The number of halogens is 2. The molecule has 1 atom stereocenters. The normalized spacial score (nSPS) is 30.8. The van der Waals surface area contributed by atoms with Crippen LogP contribution in [-0.4, -0.2) is 44.0 Å². The first-order valence-corrected chi connectivity index (χ1v) is 3.79. The third kappa shape index (κ3) is 1.87. The molecular weight excluding hydrogens is 150 g/mol. The lowest BCUT2D eigenvalue weighted by Crippen LogP contribution is -2.55. The molecule has 4 heteroatoms. The number of likely N-dealkylation sites (N-methyl/N-ethyl adjacent to an activating group) is 1. The van der Waals surface area contributed by atoms with E-state index in [1.54, 1.807) is 19.0 Å². The molecule has 0 aliphatic carbocycles. The smallest absolute Gasteiger partial charge is 0.265 e. The Morgan fingerprint density at radius 2 is 2.09 bits per heavy atom. The Labute approximate surface area is 65.6 Å². The summed E-state index contributed by atoms with van der Waals surface area (Å²) < 4.78 is 26.1. The summed E-state index contributed by atoms with van der Waals surface area (Å²) in [7, 11) is 3.37. The molecule has 1 heterocycles. The summed E-state index contributed by atoms with van der Waals surface area (Å²) in [4.78, 5) is 1.58. The van der Waals surface area contributed by atoms with Crippen LogP contribution in [-0.2, 0) is 0 Å². The molecule has 0 aromatic carbocycles. The molecule has 11 heavy (non-hydrogen) atoms. The van der Waals surface area contributed by atoms with Crippen molar-refractivity contribution in [2.24, 2.45) is 0 Å². The molecule has 0 bridgehead atoms. The summed E-state index contributed by atoms with van der Waals surface area (Å²) in [5.74, 6) is -2.52. The van der Waals surface area contributed by atoms with Crippen molar-refractivity contribution in [3.63, 3.8) is 0 Å².